The maximum absolute atomic E-state index is 12.6. The first-order chi connectivity index (χ1) is 13.4. The van der Waals surface area contributed by atoms with Crippen LogP contribution in [-0.2, 0) is 6.42 Å². The SMILES string of the molecule is CCc1ccc(NC(=O)c2ccc(N3CC(C)CC(C)C3)c([N+](=O)[O-])c2)cc1. The van der Waals surface area contributed by atoms with Gasteiger partial charge in [-0.2, -0.15) is 0 Å². The molecule has 1 fully saturated rings. The number of hydrogen-bond acceptors (Lipinski definition) is 4. The predicted molar refractivity (Wildman–Crippen MR) is 112 cm³/mol. The van der Waals surface area contributed by atoms with Gasteiger partial charge >= 0.3 is 0 Å². The summed E-state index contributed by atoms with van der Waals surface area (Å²) in [5.41, 5.74) is 2.71. The summed E-state index contributed by atoms with van der Waals surface area (Å²) >= 11 is 0. The normalized spacial score (nSPS) is 19.3. The van der Waals surface area contributed by atoms with E-state index >= 15 is 0 Å². The second-order valence-electron chi connectivity index (χ2n) is 7.82. The highest BCUT2D eigenvalue weighted by Gasteiger charge is 2.27. The zero-order valence-corrected chi connectivity index (χ0v) is 16.6. The summed E-state index contributed by atoms with van der Waals surface area (Å²) < 4.78 is 0. The van der Waals surface area contributed by atoms with Gasteiger partial charge in [0.2, 0.25) is 0 Å². The van der Waals surface area contributed by atoms with Crippen molar-refractivity contribution in [1.29, 1.82) is 0 Å². The van der Waals surface area contributed by atoms with Gasteiger partial charge < -0.3 is 10.2 Å². The maximum atomic E-state index is 12.6. The first kappa shape index (κ1) is 19.9. The molecule has 0 bridgehead atoms. The second kappa shape index (κ2) is 8.42. The minimum Gasteiger partial charge on any atom is -0.365 e. The molecule has 1 aliphatic heterocycles. The van der Waals surface area contributed by atoms with Crippen molar-refractivity contribution in [3.8, 4) is 0 Å². The van der Waals surface area contributed by atoms with Gasteiger partial charge in [-0.1, -0.05) is 32.9 Å². The number of benzene rings is 2. The Kier molecular flexibility index (Phi) is 5.97. The Morgan fingerprint density at radius 3 is 2.36 bits per heavy atom. The summed E-state index contributed by atoms with van der Waals surface area (Å²) in [5.74, 6) is 0.620. The van der Waals surface area contributed by atoms with Crippen LogP contribution < -0.4 is 10.2 Å². The number of nitro groups is 1. The van der Waals surface area contributed by atoms with Crippen LogP contribution in [0.2, 0.25) is 0 Å². The van der Waals surface area contributed by atoms with E-state index in [1.165, 1.54) is 11.6 Å². The Hall–Kier alpha value is -2.89. The van der Waals surface area contributed by atoms with Crippen molar-refractivity contribution < 1.29 is 9.72 Å². The summed E-state index contributed by atoms with van der Waals surface area (Å²) in [4.78, 5) is 25.9. The van der Waals surface area contributed by atoms with Crippen LogP contribution in [0.25, 0.3) is 0 Å². The minimum atomic E-state index is -0.397. The van der Waals surface area contributed by atoms with E-state index in [0.717, 1.165) is 25.9 Å². The van der Waals surface area contributed by atoms with Gasteiger partial charge in [-0.3, -0.25) is 14.9 Å². The van der Waals surface area contributed by atoms with Gasteiger partial charge in [0, 0.05) is 30.4 Å². The minimum absolute atomic E-state index is 0.0183. The van der Waals surface area contributed by atoms with Gasteiger partial charge in [0.15, 0.2) is 0 Å². The number of piperidine rings is 1. The fourth-order valence-corrected chi connectivity index (χ4v) is 3.96. The topological polar surface area (TPSA) is 75.5 Å². The second-order valence-corrected chi connectivity index (χ2v) is 7.82. The average molecular weight is 381 g/mol. The van der Waals surface area contributed by atoms with Gasteiger partial charge in [-0.05, 0) is 54.5 Å². The number of nitrogens with one attached hydrogen (secondary N) is 1. The van der Waals surface area contributed by atoms with Crippen molar-refractivity contribution in [2.24, 2.45) is 11.8 Å². The molecule has 1 amide bonds. The summed E-state index contributed by atoms with van der Waals surface area (Å²) in [6.45, 7) is 7.99. The van der Waals surface area contributed by atoms with Crippen LogP contribution in [0.4, 0.5) is 17.1 Å². The lowest BCUT2D eigenvalue weighted by Crippen LogP contribution is -2.39. The van der Waals surface area contributed by atoms with Crippen LogP contribution >= 0.6 is 0 Å². The number of anilines is 2. The van der Waals surface area contributed by atoms with Gasteiger partial charge in [0.05, 0.1) is 4.92 Å². The van der Waals surface area contributed by atoms with E-state index in [-0.39, 0.29) is 17.2 Å². The van der Waals surface area contributed by atoms with E-state index in [2.05, 4.69) is 31.0 Å². The Morgan fingerprint density at radius 2 is 1.79 bits per heavy atom. The molecule has 1 saturated heterocycles. The predicted octanol–water partition coefficient (Wildman–Crippen LogP) is 4.89. The highest BCUT2D eigenvalue weighted by Crippen LogP contribution is 2.34. The molecular formula is C22H27N3O3. The number of rotatable bonds is 5. The third-order valence-electron chi connectivity index (χ3n) is 5.26. The lowest BCUT2D eigenvalue weighted by atomic mass is 9.91. The third kappa shape index (κ3) is 4.50. The Balaban J connectivity index is 1.83. The van der Waals surface area contributed by atoms with E-state index in [0.29, 0.717) is 23.2 Å². The van der Waals surface area contributed by atoms with Gasteiger partial charge in [-0.25, -0.2) is 0 Å². The van der Waals surface area contributed by atoms with Crippen LogP contribution in [0.15, 0.2) is 42.5 Å². The van der Waals surface area contributed by atoms with Crippen molar-refractivity contribution in [2.75, 3.05) is 23.3 Å². The number of nitrogens with zero attached hydrogens (tertiary/aromatic N) is 2. The molecule has 6 heteroatoms. The maximum Gasteiger partial charge on any atom is 0.293 e. The lowest BCUT2D eigenvalue weighted by Gasteiger charge is -2.36. The number of carbonyl (C=O) groups is 1. The zero-order chi connectivity index (χ0) is 20.3. The fourth-order valence-electron chi connectivity index (χ4n) is 3.96. The smallest absolute Gasteiger partial charge is 0.293 e. The first-order valence-corrected chi connectivity index (χ1v) is 9.81. The largest absolute Gasteiger partial charge is 0.365 e. The third-order valence-corrected chi connectivity index (χ3v) is 5.26. The molecule has 28 heavy (non-hydrogen) atoms. The van der Waals surface area contributed by atoms with Crippen LogP contribution in [0.1, 0.15) is 43.1 Å². The molecular weight excluding hydrogens is 354 g/mol. The molecule has 148 valence electrons. The van der Waals surface area contributed by atoms with E-state index in [4.69, 9.17) is 0 Å². The molecule has 2 unspecified atom stereocenters. The number of hydrogen-bond donors (Lipinski definition) is 1. The van der Waals surface area contributed by atoms with Gasteiger partial charge in [0.25, 0.3) is 11.6 Å². The van der Waals surface area contributed by atoms with Crippen molar-refractivity contribution in [3.63, 3.8) is 0 Å². The number of nitro benzene ring substituents is 1. The molecule has 0 spiro atoms. The van der Waals surface area contributed by atoms with Gasteiger partial charge in [-0.15, -0.1) is 0 Å². The average Bonchev–Trinajstić information content (AvgIpc) is 2.67. The Morgan fingerprint density at radius 1 is 1.14 bits per heavy atom. The van der Waals surface area contributed by atoms with Crippen molar-refractivity contribution in [2.45, 2.75) is 33.6 Å². The summed E-state index contributed by atoms with van der Waals surface area (Å²) in [6, 6.07) is 12.4. The van der Waals surface area contributed by atoms with Crippen LogP contribution in [0, 0.1) is 22.0 Å². The first-order valence-electron chi connectivity index (χ1n) is 9.81. The molecule has 0 aromatic heterocycles. The quantitative estimate of drug-likeness (QED) is 0.591. The van der Waals surface area contributed by atoms with Crippen molar-refractivity contribution in [1.82, 2.24) is 0 Å². The van der Waals surface area contributed by atoms with E-state index in [1.807, 2.05) is 24.3 Å². The standard InChI is InChI=1S/C22H27N3O3/c1-4-17-5-8-19(9-6-17)23-22(26)18-7-10-20(21(12-18)25(27)28)24-13-15(2)11-16(3)14-24/h5-10,12,15-16H,4,11,13-14H2,1-3H3,(H,23,26). The van der Waals surface area contributed by atoms with Crippen LogP contribution in [0.5, 0.6) is 0 Å². The highest BCUT2D eigenvalue weighted by atomic mass is 16.6. The molecule has 2 aromatic carbocycles. The Bertz CT molecular complexity index is 854. The molecule has 3 rings (SSSR count). The molecule has 2 atom stereocenters. The van der Waals surface area contributed by atoms with E-state index < -0.39 is 4.92 Å². The number of amides is 1. The van der Waals surface area contributed by atoms with Crippen LogP contribution in [0.3, 0.4) is 0 Å². The summed E-state index contributed by atoms with van der Waals surface area (Å²) in [7, 11) is 0. The molecule has 1 N–H and O–H groups in total. The summed E-state index contributed by atoms with van der Waals surface area (Å²) in [6.07, 6.45) is 2.05. The Labute approximate surface area is 165 Å². The molecule has 0 saturated carbocycles. The molecule has 2 aromatic rings. The molecule has 1 heterocycles. The monoisotopic (exact) mass is 381 g/mol. The molecule has 0 radical (unpaired) electrons. The molecule has 1 aliphatic rings. The van der Waals surface area contributed by atoms with Gasteiger partial charge in [0.1, 0.15) is 5.69 Å². The van der Waals surface area contributed by atoms with E-state index in [1.54, 1.807) is 12.1 Å². The highest BCUT2D eigenvalue weighted by molar-refractivity contribution is 6.05. The number of carbonyl (C=O) groups excluding carboxylic acids is 1. The van der Waals surface area contributed by atoms with Crippen LogP contribution in [-0.4, -0.2) is 23.9 Å². The molecule has 0 aliphatic carbocycles. The fraction of sp³-hybridized carbons (Fsp3) is 0.409. The van der Waals surface area contributed by atoms with Crippen molar-refractivity contribution in [3.05, 3.63) is 63.7 Å². The van der Waals surface area contributed by atoms with E-state index in [9.17, 15) is 14.9 Å². The van der Waals surface area contributed by atoms with Crippen molar-refractivity contribution >= 4 is 23.0 Å². The zero-order valence-electron chi connectivity index (χ0n) is 16.6. The summed E-state index contributed by atoms with van der Waals surface area (Å²) in [5, 5.41) is 14.5. The lowest BCUT2D eigenvalue weighted by molar-refractivity contribution is -0.384. The molecule has 6 nitrogen and oxygen atoms in total. The number of aryl methyl sites for hydroxylation is 1.